The van der Waals surface area contributed by atoms with E-state index in [0.717, 1.165) is 42.5 Å². The highest BCUT2D eigenvalue weighted by atomic mass is 35.5. The van der Waals surface area contributed by atoms with Crippen molar-refractivity contribution in [1.29, 1.82) is 0 Å². The van der Waals surface area contributed by atoms with E-state index in [-0.39, 0.29) is 5.91 Å². The van der Waals surface area contributed by atoms with Crippen molar-refractivity contribution in [1.82, 2.24) is 9.99 Å². The molecular formula is C14H15Cl2N3O. The zero-order valence-corrected chi connectivity index (χ0v) is 12.6. The van der Waals surface area contributed by atoms with Crippen molar-refractivity contribution in [2.45, 2.75) is 19.8 Å². The lowest BCUT2D eigenvalue weighted by atomic mass is 10.1. The number of nitrogens with one attached hydrogen (secondary N) is 2. The van der Waals surface area contributed by atoms with Gasteiger partial charge in [-0.15, -0.1) is 0 Å². The van der Waals surface area contributed by atoms with Gasteiger partial charge in [-0.05, 0) is 30.7 Å². The lowest BCUT2D eigenvalue weighted by molar-refractivity contribution is -0.115. The number of hydrogen-bond donors (Lipinski definition) is 2. The number of carbonyl (C=O) groups excluding carboxylic acids is 1. The van der Waals surface area contributed by atoms with Gasteiger partial charge >= 0.3 is 0 Å². The van der Waals surface area contributed by atoms with Crippen LogP contribution in [0.5, 0.6) is 0 Å². The van der Waals surface area contributed by atoms with Crippen molar-refractivity contribution in [3.8, 4) is 0 Å². The van der Waals surface area contributed by atoms with Gasteiger partial charge in [0.05, 0.1) is 10.5 Å². The number of aromatic nitrogens is 1. The summed E-state index contributed by atoms with van der Waals surface area (Å²) in [6, 6.07) is 3.63. The Labute approximate surface area is 127 Å². The highest BCUT2D eigenvalue weighted by Gasteiger charge is 2.21. The molecule has 20 heavy (non-hydrogen) atoms. The van der Waals surface area contributed by atoms with Gasteiger partial charge in [0, 0.05) is 36.0 Å². The molecule has 0 atom stereocenters. The summed E-state index contributed by atoms with van der Waals surface area (Å²) in [5, 5.41) is 5.56. The zero-order chi connectivity index (χ0) is 14.3. The normalized spacial score (nSPS) is 14.9. The number of carbonyl (C=O) groups is 1. The molecule has 6 heteroatoms. The van der Waals surface area contributed by atoms with Crippen LogP contribution < -0.4 is 10.7 Å². The van der Waals surface area contributed by atoms with Crippen LogP contribution in [0.1, 0.15) is 18.2 Å². The van der Waals surface area contributed by atoms with Crippen molar-refractivity contribution < 1.29 is 4.79 Å². The first-order chi connectivity index (χ1) is 9.58. The van der Waals surface area contributed by atoms with Crippen LogP contribution in [0, 0.1) is 0 Å². The molecule has 106 valence electrons. The van der Waals surface area contributed by atoms with Crippen molar-refractivity contribution in [2.24, 2.45) is 0 Å². The molecule has 2 aromatic rings. The van der Waals surface area contributed by atoms with Crippen molar-refractivity contribution >= 4 is 40.0 Å². The third-order valence-corrected chi connectivity index (χ3v) is 4.06. The molecule has 2 N–H and O–H groups in total. The molecule has 3 rings (SSSR count). The summed E-state index contributed by atoms with van der Waals surface area (Å²) in [5.74, 6) is -0.118. The van der Waals surface area contributed by atoms with E-state index in [1.54, 1.807) is 6.07 Å². The minimum absolute atomic E-state index is 0.118. The standard InChI is InChI=1S/C14H15Cl2N3O/c1-8(20)18-19-13-3-5-17-4-2-10(13)11-6-9(15)7-12(16)14(11)19/h6-7,17H,2-5H2,1H3,(H,18,20). The number of benzene rings is 1. The fourth-order valence-corrected chi connectivity index (χ4v) is 3.39. The lowest BCUT2D eigenvalue weighted by Gasteiger charge is -2.11. The molecule has 0 bridgehead atoms. The van der Waals surface area contributed by atoms with Crippen LogP contribution in [0.2, 0.25) is 10.0 Å². The number of hydrogen-bond acceptors (Lipinski definition) is 2. The van der Waals surface area contributed by atoms with Crippen LogP contribution >= 0.6 is 23.2 Å². The second-order valence-corrected chi connectivity index (χ2v) is 5.81. The summed E-state index contributed by atoms with van der Waals surface area (Å²) in [6.07, 6.45) is 1.74. The Bertz CT molecular complexity index is 694. The molecule has 2 heterocycles. The summed E-state index contributed by atoms with van der Waals surface area (Å²) in [5.41, 5.74) is 6.01. The van der Waals surface area contributed by atoms with Crippen molar-refractivity contribution in [3.63, 3.8) is 0 Å². The Morgan fingerprint density at radius 3 is 2.80 bits per heavy atom. The van der Waals surface area contributed by atoms with Gasteiger partial charge in [-0.25, -0.2) is 0 Å². The SMILES string of the molecule is CC(=O)Nn1c2c(c3cc(Cl)cc(Cl)c31)CCNCC2. The van der Waals surface area contributed by atoms with Crippen LogP contribution in [-0.2, 0) is 17.6 Å². The fraction of sp³-hybridized carbons (Fsp3) is 0.357. The Kier molecular flexibility index (Phi) is 3.63. The first kappa shape index (κ1) is 13.7. The molecule has 1 amide bonds. The summed E-state index contributed by atoms with van der Waals surface area (Å²) in [4.78, 5) is 11.5. The molecular weight excluding hydrogens is 297 g/mol. The molecule has 0 radical (unpaired) electrons. The first-order valence-corrected chi connectivity index (χ1v) is 7.33. The predicted octanol–water partition coefficient (Wildman–Crippen LogP) is 2.73. The third-order valence-electron chi connectivity index (χ3n) is 3.55. The molecule has 0 saturated carbocycles. The van der Waals surface area contributed by atoms with Crippen LogP contribution in [-0.4, -0.2) is 23.7 Å². The average Bonchev–Trinajstić information content (AvgIpc) is 2.54. The first-order valence-electron chi connectivity index (χ1n) is 6.57. The summed E-state index contributed by atoms with van der Waals surface area (Å²) in [6.45, 7) is 3.29. The largest absolute Gasteiger partial charge is 0.316 e. The lowest BCUT2D eigenvalue weighted by Crippen LogP contribution is -2.23. The molecule has 1 aromatic heterocycles. The number of fused-ring (bicyclic) bond motifs is 3. The molecule has 0 spiro atoms. The maximum absolute atomic E-state index is 11.5. The van der Waals surface area contributed by atoms with Crippen LogP contribution in [0.3, 0.4) is 0 Å². The predicted molar refractivity (Wildman–Crippen MR) is 82.3 cm³/mol. The molecule has 0 fully saturated rings. The Morgan fingerprint density at radius 1 is 1.30 bits per heavy atom. The van der Waals surface area contributed by atoms with E-state index < -0.39 is 0 Å². The number of nitrogens with zero attached hydrogens (tertiary/aromatic N) is 1. The Hall–Kier alpha value is -1.23. The fourth-order valence-electron chi connectivity index (χ4n) is 2.82. The van der Waals surface area contributed by atoms with Gasteiger partial charge in [0.2, 0.25) is 5.91 Å². The third kappa shape index (κ3) is 2.28. The summed E-state index contributed by atoms with van der Waals surface area (Å²) >= 11 is 12.5. The number of rotatable bonds is 1. The van der Waals surface area contributed by atoms with Crippen LogP contribution in [0.15, 0.2) is 12.1 Å². The molecule has 1 aliphatic rings. The van der Waals surface area contributed by atoms with E-state index in [9.17, 15) is 4.79 Å². The Balaban J connectivity index is 2.33. The van der Waals surface area contributed by atoms with Gasteiger partial charge < -0.3 is 5.32 Å². The highest BCUT2D eigenvalue weighted by Crippen LogP contribution is 2.34. The smallest absolute Gasteiger partial charge is 0.235 e. The second-order valence-electron chi connectivity index (χ2n) is 4.96. The molecule has 0 saturated heterocycles. The van der Waals surface area contributed by atoms with Gasteiger partial charge in [0.25, 0.3) is 0 Å². The van der Waals surface area contributed by atoms with Crippen LogP contribution in [0.4, 0.5) is 0 Å². The maximum Gasteiger partial charge on any atom is 0.235 e. The molecule has 1 aromatic carbocycles. The Morgan fingerprint density at radius 2 is 2.05 bits per heavy atom. The van der Waals surface area contributed by atoms with E-state index in [1.165, 1.54) is 12.5 Å². The molecule has 1 aliphatic heterocycles. The minimum Gasteiger partial charge on any atom is -0.316 e. The highest BCUT2D eigenvalue weighted by molar-refractivity contribution is 6.38. The molecule has 4 nitrogen and oxygen atoms in total. The van der Waals surface area contributed by atoms with E-state index in [2.05, 4.69) is 10.7 Å². The van der Waals surface area contributed by atoms with Gasteiger partial charge in [-0.3, -0.25) is 14.9 Å². The monoisotopic (exact) mass is 311 g/mol. The van der Waals surface area contributed by atoms with Gasteiger partial charge in [0.15, 0.2) is 0 Å². The summed E-state index contributed by atoms with van der Waals surface area (Å²) < 4.78 is 1.82. The van der Waals surface area contributed by atoms with Gasteiger partial charge in [0.1, 0.15) is 0 Å². The molecule has 0 aliphatic carbocycles. The molecule has 0 unspecified atom stereocenters. The average molecular weight is 312 g/mol. The zero-order valence-electron chi connectivity index (χ0n) is 11.1. The van der Waals surface area contributed by atoms with E-state index in [0.29, 0.717) is 10.0 Å². The number of halogens is 2. The quantitative estimate of drug-likeness (QED) is 0.850. The second kappa shape index (κ2) is 5.28. The van der Waals surface area contributed by atoms with Crippen molar-refractivity contribution in [3.05, 3.63) is 33.4 Å². The maximum atomic E-state index is 11.5. The van der Waals surface area contributed by atoms with E-state index in [1.807, 2.05) is 10.7 Å². The van der Waals surface area contributed by atoms with Gasteiger partial charge in [-0.1, -0.05) is 23.2 Å². The van der Waals surface area contributed by atoms with E-state index >= 15 is 0 Å². The number of amides is 1. The van der Waals surface area contributed by atoms with Crippen LogP contribution in [0.25, 0.3) is 10.9 Å². The minimum atomic E-state index is -0.118. The topological polar surface area (TPSA) is 46.1 Å². The van der Waals surface area contributed by atoms with Crippen molar-refractivity contribution in [2.75, 3.05) is 18.5 Å². The van der Waals surface area contributed by atoms with E-state index in [4.69, 9.17) is 23.2 Å². The van der Waals surface area contributed by atoms with Gasteiger partial charge in [-0.2, -0.15) is 0 Å². The summed E-state index contributed by atoms with van der Waals surface area (Å²) in [7, 11) is 0.